The highest BCUT2D eigenvalue weighted by atomic mass is 79.9. The van der Waals surface area contributed by atoms with Crippen LogP contribution in [0.1, 0.15) is 11.1 Å². The molecule has 0 saturated heterocycles. The van der Waals surface area contributed by atoms with Gasteiger partial charge in [-0.15, -0.1) is 0 Å². The lowest BCUT2D eigenvalue weighted by atomic mass is 10.1. The second-order valence-electron chi connectivity index (χ2n) is 4.12. The molecule has 0 amide bonds. The minimum atomic E-state index is -0.289. The highest BCUT2D eigenvalue weighted by molar-refractivity contribution is 9.10. The summed E-state index contributed by atoms with van der Waals surface area (Å²) >= 11 is 3.30. The third-order valence-electron chi connectivity index (χ3n) is 2.80. The molecular formula is C15H12BrFN2O. The lowest BCUT2D eigenvalue weighted by Crippen LogP contribution is -2.01. The molecule has 0 atom stereocenters. The number of nitrogens with zero attached hydrogens (tertiary/aromatic N) is 1. The van der Waals surface area contributed by atoms with Gasteiger partial charge in [-0.25, -0.2) is 4.39 Å². The van der Waals surface area contributed by atoms with Crippen molar-refractivity contribution in [3.8, 4) is 11.8 Å². The van der Waals surface area contributed by atoms with Crippen molar-refractivity contribution in [2.75, 3.05) is 12.4 Å². The number of methoxy groups -OCH3 is 1. The predicted molar refractivity (Wildman–Crippen MR) is 79.1 cm³/mol. The number of anilines is 1. The molecule has 0 fully saturated rings. The molecule has 3 nitrogen and oxygen atoms in total. The summed E-state index contributed by atoms with van der Waals surface area (Å²) in [5.74, 6) is 0.257. The summed E-state index contributed by atoms with van der Waals surface area (Å²) in [5.41, 5.74) is 2.27. The van der Waals surface area contributed by atoms with Gasteiger partial charge in [0.05, 0.1) is 12.7 Å². The summed E-state index contributed by atoms with van der Waals surface area (Å²) in [6.07, 6.45) is 0. The summed E-state index contributed by atoms with van der Waals surface area (Å²) in [5, 5.41) is 12.1. The number of hydrogen-bond donors (Lipinski definition) is 1. The molecule has 2 aromatic carbocycles. The smallest absolute Gasteiger partial charge is 0.136 e. The fraction of sp³-hybridized carbons (Fsp3) is 0.133. The zero-order valence-corrected chi connectivity index (χ0v) is 12.4. The van der Waals surface area contributed by atoms with Gasteiger partial charge in [0.2, 0.25) is 0 Å². The average molecular weight is 335 g/mol. The van der Waals surface area contributed by atoms with E-state index in [4.69, 9.17) is 10.00 Å². The summed E-state index contributed by atoms with van der Waals surface area (Å²) in [4.78, 5) is 0. The van der Waals surface area contributed by atoms with Gasteiger partial charge < -0.3 is 10.1 Å². The average Bonchev–Trinajstić information content (AvgIpc) is 2.46. The lowest BCUT2D eigenvalue weighted by molar-refractivity contribution is 0.413. The van der Waals surface area contributed by atoms with Crippen molar-refractivity contribution in [3.05, 3.63) is 57.8 Å². The molecule has 0 heterocycles. The topological polar surface area (TPSA) is 45.0 Å². The van der Waals surface area contributed by atoms with Crippen LogP contribution in [-0.4, -0.2) is 7.11 Å². The van der Waals surface area contributed by atoms with E-state index >= 15 is 0 Å². The van der Waals surface area contributed by atoms with Gasteiger partial charge in [0, 0.05) is 16.7 Å². The van der Waals surface area contributed by atoms with E-state index in [1.165, 1.54) is 19.2 Å². The molecule has 0 unspecified atom stereocenters. The summed E-state index contributed by atoms with van der Waals surface area (Å²) in [7, 11) is 1.53. The number of ether oxygens (including phenoxy) is 1. The van der Waals surface area contributed by atoms with Gasteiger partial charge in [-0.3, -0.25) is 0 Å². The number of benzene rings is 2. The largest absolute Gasteiger partial charge is 0.495 e. The Labute approximate surface area is 125 Å². The molecular weight excluding hydrogens is 323 g/mol. The fourth-order valence-electron chi connectivity index (χ4n) is 1.77. The third kappa shape index (κ3) is 3.28. The monoisotopic (exact) mass is 334 g/mol. The van der Waals surface area contributed by atoms with Crippen molar-refractivity contribution in [3.63, 3.8) is 0 Å². The van der Waals surface area contributed by atoms with Crippen LogP contribution in [0.3, 0.4) is 0 Å². The Morgan fingerprint density at radius 1 is 1.30 bits per heavy atom. The van der Waals surface area contributed by atoms with Crippen molar-refractivity contribution >= 4 is 21.6 Å². The van der Waals surface area contributed by atoms with E-state index in [0.29, 0.717) is 22.3 Å². The maximum absolute atomic E-state index is 13.0. The fourth-order valence-corrected chi connectivity index (χ4v) is 2.26. The second kappa shape index (κ2) is 6.40. The van der Waals surface area contributed by atoms with Crippen molar-refractivity contribution < 1.29 is 9.13 Å². The molecule has 0 bridgehead atoms. The highest BCUT2D eigenvalue weighted by Gasteiger charge is 2.05. The van der Waals surface area contributed by atoms with Crippen molar-refractivity contribution in [1.82, 2.24) is 0 Å². The number of nitrogens with one attached hydrogen (secondary N) is 1. The second-order valence-corrected chi connectivity index (χ2v) is 4.98. The molecule has 0 aliphatic carbocycles. The van der Waals surface area contributed by atoms with E-state index in [9.17, 15) is 4.39 Å². The number of rotatable bonds is 4. The van der Waals surface area contributed by atoms with E-state index < -0.39 is 0 Å². The highest BCUT2D eigenvalue weighted by Crippen LogP contribution is 2.25. The van der Waals surface area contributed by atoms with Crippen LogP contribution < -0.4 is 10.1 Å². The molecule has 5 heteroatoms. The first-order chi connectivity index (χ1) is 9.63. The van der Waals surface area contributed by atoms with Crippen molar-refractivity contribution in [1.29, 1.82) is 5.26 Å². The zero-order chi connectivity index (χ0) is 14.5. The van der Waals surface area contributed by atoms with E-state index in [0.717, 1.165) is 11.3 Å². The SMILES string of the molecule is COc1cc(CNc2ccc(F)cc2Br)ccc1C#N. The lowest BCUT2D eigenvalue weighted by Gasteiger charge is -2.10. The Morgan fingerprint density at radius 2 is 2.10 bits per heavy atom. The minimum Gasteiger partial charge on any atom is -0.495 e. The first kappa shape index (κ1) is 14.4. The van der Waals surface area contributed by atoms with Gasteiger partial charge in [-0.1, -0.05) is 6.07 Å². The van der Waals surface area contributed by atoms with Gasteiger partial charge in [0.1, 0.15) is 17.6 Å². The van der Waals surface area contributed by atoms with Crippen LogP contribution in [-0.2, 0) is 6.54 Å². The molecule has 0 aromatic heterocycles. The Hall–Kier alpha value is -2.06. The zero-order valence-electron chi connectivity index (χ0n) is 10.8. The van der Waals surface area contributed by atoms with Crippen LogP contribution in [0.2, 0.25) is 0 Å². The van der Waals surface area contributed by atoms with Gasteiger partial charge >= 0.3 is 0 Å². The molecule has 0 aliphatic heterocycles. The normalized spacial score (nSPS) is 9.90. The molecule has 0 aliphatic rings. The van der Waals surface area contributed by atoms with Crippen LogP contribution in [0.25, 0.3) is 0 Å². The Morgan fingerprint density at radius 3 is 2.75 bits per heavy atom. The van der Waals surface area contributed by atoms with E-state index in [2.05, 4.69) is 27.3 Å². The molecule has 0 radical (unpaired) electrons. The third-order valence-corrected chi connectivity index (χ3v) is 3.46. The summed E-state index contributed by atoms with van der Waals surface area (Å²) in [6.45, 7) is 0.548. The Balaban J connectivity index is 2.13. The van der Waals surface area contributed by atoms with Gasteiger partial charge in [-0.05, 0) is 51.8 Å². The molecule has 102 valence electrons. The first-order valence-electron chi connectivity index (χ1n) is 5.90. The van der Waals surface area contributed by atoms with Crippen LogP contribution in [0, 0.1) is 17.1 Å². The van der Waals surface area contributed by atoms with Gasteiger partial charge in [0.25, 0.3) is 0 Å². The molecule has 0 saturated carbocycles. The van der Waals surface area contributed by atoms with Crippen LogP contribution in [0.4, 0.5) is 10.1 Å². The first-order valence-corrected chi connectivity index (χ1v) is 6.69. The van der Waals surface area contributed by atoms with Gasteiger partial charge in [0.15, 0.2) is 0 Å². The summed E-state index contributed by atoms with van der Waals surface area (Å²) in [6, 6.07) is 11.9. The van der Waals surface area contributed by atoms with E-state index in [1.807, 2.05) is 12.1 Å². The minimum absolute atomic E-state index is 0.289. The number of nitriles is 1. The van der Waals surface area contributed by atoms with E-state index in [1.54, 1.807) is 12.1 Å². The number of halogens is 2. The van der Waals surface area contributed by atoms with Gasteiger partial charge in [-0.2, -0.15) is 5.26 Å². The predicted octanol–water partition coefficient (Wildman–Crippen LogP) is 4.08. The quantitative estimate of drug-likeness (QED) is 0.916. The van der Waals surface area contributed by atoms with Crippen molar-refractivity contribution in [2.24, 2.45) is 0 Å². The van der Waals surface area contributed by atoms with Crippen molar-refractivity contribution in [2.45, 2.75) is 6.54 Å². The van der Waals surface area contributed by atoms with Crippen LogP contribution in [0.15, 0.2) is 40.9 Å². The molecule has 1 N–H and O–H groups in total. The molecule has 2 rings (SSSR count). The van der Waals surface area contributed by atoms with Crippen LogP contribution >= 0.6 is 15.9 Å². The summed E-state index contributed by atoms with van der Waals surface area (Å²) < 4.78 is 18.8. The maximum Gasteiger partial charge on any atom is 0.136 e. The molecule has 2 aromatic rings. The Bertz CT molecular complexity index is 667. The van der Waals surface area contributed by atoms with Crippen LogP contribution in [0.5, 0.6) is 5.75 Å². The Kier molecular flexibility index (Phi) is 4.59. The maximum atomic E-state index is 13.0. The van der Waals surface area contributed by atoms with E-state index in [-0.39, 0.29) is 5.82 Å². The number of hydrogen-bond acceptors (Lipinski definition) is 3. The molecule has 20 heavy (non-hydrogen) atoms. The molecule has 0 spiro atoms. The standard InChI is InChI=1S/C15H12BrFN2O/c1-20-15-6-10(2-3-11(15)8-18)9-19-14-5-4-12(17)7-13(14)16/h2-7,19H,9H2,1H3.